The average molecular weight is 311 g/mol. The van der Waals surface area contributed by atoms with E-state index in [1.54, 1.807) is 13.0 Å². The van der Waals surface area contributed by atoms with Crippen molar-refractivity contribution in [3.8, 4) is 0 Å². The molecule has 0 saturated carbocycles. The van der Waals surface area contributed by atoms with Crippen molar-refractivity contribution < 1.29 is 13.2 Å². The topological polar surface area (TPSA) is 101 Å². The number of primary sulfonamides is 1. The van der Waals surface area contributed by atoms with E-state index in [0.717, 1.165) is 31.4 Å². The van der Waals surface area contributed by atoms with E-state index in [4.69, 9.17) is 5.14 Å². The molecule has 4 N–H and O–H groups in total. The fourth-order valence-corrected chi connectivity index (χ4v) is 2.96. The van der Waals surface area contributed by atoms with Crippen LogP contribution in [0.2, 0.25) is 0 Å². The maximum absolute atomic E-state index is 12.4. The molecule has 0 bridgehead atoms. The van der Waals surface area contributed by atoms with E-state index >= 15 is 0 Å². The summed E-state index contributed by atoms with van der Waals surface area (Å²) in [5.74, 6) is -0.156. The Morgan fingerprint density at radius 3 is 2.67 bits per heavy atom. The van der Waals surface area contributed by atoms with Gasteiger partial charge in [-0.25, -0.2) is 13.6 Å². The first-order valence-corrected chi connectivity index (χ1v) is 8.47. The van der Waals surface area contributed by atoms with E-state index in [-0.39, 0.29) is 10.8 Å². The zero-order chi connectivity index (χ0) is 15.7. The lowest BCUT2D eigenvalue weighted by molar-refractivity contribution is -0.122. The molecule has 1 unspecified atom stereocenters. The number of carbonyl (C=O) groups is 1. The highest BCUT2D eigenvalue weighted by Gasteiger charge is 2.34. The highest BCUT2D eigenvalue weighted by atomic mass is 32.2. The van der Waals surface area contributed by atoms with Gasteiger partial charge >= 0.3 is 0 Å². The van der Waals surface area contributed by atoms with E-state index in [2.05, 4.69) is 10.6 Å². The summed E-state index contributed by atoms with van der Waals surface area (Å²) in [6, 6.07) is 4.46. The summed E-state index contributed by atoms with van der Waals surface area (Å²) < 4.78 is 22.8. The Hall–Kier alpha value is -1.44. The van der Waals surface area contributed by atoms with Gasteiger partial charge < -0.3 is 10.6 Å². The van der Waals surface area contributed by atoms with E-state index in [9.17, 15) is 13.2 Å². The molecular weight excluding hydrogens is 290 g/mol. The predicted molar refractivity (Wildman–Crippen MR) is 81.4 cm³/mol. The van der Waals surface area contributed by atoms with Crippen LogP contribution in [0.1, 0.15) is 31.7 Å². The molecule has 21 heavy (non-hydrogen) atoms. The van der Waals surface area contributed by atoms with Crippen molar-refractivity contribution in [3.63, 3.8) is 0 Å². The molecule has 0 spiro atoms. The number of sulfonamides is 1. The van der Waals surface area contributed by atoms with Crippen molar-refractivity contribution >= 4 is 21.6 Å². The van der Waals surface area contributed by atoms with Gasteiger partial charge in [0.25, 0.3) is 0 Å². The van der Waals surface area contributed by atoms with Gasteiger partial charge in [0.2, 0.25) is 15.9 Å². The van der Waals surface area contributed by atoms with Gasteiger partial charge in [-0.2, -0.15) is 0 Å². The van der Waals surface area contributed by atoms with Gasteiger partial charge in [-0.05, 0) is 57.4 Å². The van der Waals surface area contributed by atoms with Gasteiger partial charge in [0, 0.05) is 5.69 Å². The molecule has 1 aromatic carbocycles. The van der Waals surface area contributed by atoms with E-state index in [1.165, 1.54) is 12.1 Å². The van der Waals surface area contributed by atoms with Gasteiger partial charge in [0.15, 0.2) is 0 Å². The van der Waals surface area contributed by atoms with E-state index < -0.39 is 15.6 Å². The summed E-state index contributed by atoms with van der Waals surface area (Å²) in [4.78, 5) is 12.4. The largest absolute Gasteiger partial charge is 0.324 e. The molecule has 7 heteroatoms. The number of nitrogens with two attached hydrogens (primary N) is 1. The number of benzene rings is 1. The fraction of sp³-hybridized carbons (Fsp3) is 0.500. The van der Waals surface area contributed by atoms with Gasteiger partial charge in [-0.3, -0.25) is 4.79 Å². The van der Waals surface area contributed by atoms with Crippen LogP contribution in [0, 0.1) is 6.92 Å². The number of nitrogens with one attached hydrogen (secondary N) is 2. The summed E-state index contributed by atoms with van der Waals surface area (Å²) in [5.41, 5.74) is 0.637. The average Bonchev–Trinajstić information content (AvgIpc) is 2.40. The molecule has 0 radical (unpaired) electrons. The monoisotopic (exact) mass is 311 g/mol. The molecule has 2 rings (SSSR count). The summed E-state index contributed by atoms with van der Waals surface area (Å²) in [5, 5.41) is 11.2. The molecule has 1 aliphatic rings. The first-order chi connectivity index (χ1) is 9.72. The molecule has 0 aliphatic carbocycles. The van der Waals surface area contributed by atoms with Crippen LogP contribution in [0.25, 0.3) is 0 Å². The number of hydrogen-bond acceptors (Lipinski definition) is 4. The number of amides is 1. The molecule has 0 aromatic heterocycles. The Morgan fingerprint density at radius 2 is 2.10 bits per heavy atom. The van der Waals surface area contributed by atoms with Crippen molar-refractivity contribution in [2.24, 2.45) is 5.14 Å². The normalized spacial score (nSPS) is 22.8. The van der Waals surface area contributed by atoms with Crippen molar-refractivity contribution in [1.82, 2.24) is 5.32 Å². The standard InChI is InChI=1S/C14H21N3O3S/c1-10-5-6-11(21(15,19)20)9-12(10)17-13(18)14(2)7-3-4-8-16-14/h5-6,9,16H,3-4,7-8H2,1-2H3,(H,17,18)(H2,15,19,20). The van der Waals surface area contributed by atoms with Crippen molar-refractivity contribution in [2.45, 2.75) is 43.5 Å². The molecule has 1 amide bonds. The lowest BCUT2D eigenvalue weighted by atomic mass is 9.90. The number of carbonyl (C=O) groups excluding carboxylic acids is 1. The fourth-order valence-electron chi connectivity index (χ4n) is 2.42. The lowest BCUT2D eigenvalue weighted by Gasteiger charge is -2.33. The molecule has 116 valence electrons. The number of hydrogen-bond donors (Lipinski definition) is 3. The summed E-state index contributed by atoms with van der Waals surface area (Å²) in [6.07, 6.45) is 2.81. The highest BCUT2D eigenvalue weighted by Crippen LogP contribution is 2.24. The maximum atomic E-state index is 12.4. The number of rotatable bonds is 3. The van der Waals surface area contributed by atoms with Gasteiger partial charge in [0.05, 0.1) is 10.4 Å². The van der Waals surface area contributed by atoms with E-state index in [0.29, 0.717) is 5.69 Å². The number of piperidine rings is 1. The zero-order valence-electron chi connectivity index (χ0n) is 12.3. The zero-order valence-corrected chi connectivity index (χ0v) is 13.1. The molecule has 1 atom stereocenters. The minimum Gasteiger partial charge on any atom is -0.324 e. The third-order valence-electron chi connectivity index (χ3n) is 3.91. The van der Waals surface area contributed by atoms with Crippen LogP contribution in [0.4, 0.5) is 5.69 Å². The Bertz CT molecular complexity index is 649. The molecule has 1 heterocycles. The van der Waals surface area contributed by atoms with Crippen molar-refractivity contribution in [3.05, 3.63) is 23.8 Å². The molecule has 1 aromatic rings. The molecular formula is C14H21N3O3S. The second kappa shape index (κ2) is 5.75. The number of anilines is 1. The summed E-state index contributed by atoms with van der Waals surface area (Å²) in [6.45, 7) is 4.47. The predicted octanol–water partition coefficient (Wildman–Crippen LogP) is 1.11. The second-order valence-corrected chi connectivity index (χ2v) is 7.25. The van der Waals surface area contributed by atoms with Crippen LogP contribution in [0.15, 0.2) is 23.1 Å². The summed E-state index contributed by atoms with van der Waals surface area (Å²) in [7, 11) is -3.78. The Morgan fingerprint density at radius 1 is 1.38 bits per heavy atom. The van der Waals surface area contributed by atoms with E-state index in [1.807, 2.05) is 6.92 Å². The smallest absolute Gasteiger partial charge is 0.244 e. The van der Waals surface area contributed by atoms with Crippen LogP contribution in [-0.2, 0) is 14.8 Å². The molecule has 1 fully saturated rings. The molecule has 1 saturated heterocycles. The molecule has 6 nitrogen and oxygen atoms in total. The van der Waals surface area contributed by atoms with Crippen LogP contribution in [0.5, 0.6) is 0 Å². The minimum atomic E-state index is -3.78. The highest BCUT2D eigenvalue weighted by molar-refractivity contribution is 7.89. The van der Waals surface area contributed by atoms with Crippen LogP contribution in [-0.4, -0.2) is 26.4 Å². The first kappa shape index (κ1) is 15.9. The van der Waals surface area contributed by atoms with Crippen molar-refractivity contribution in [2.75, 3.05) is 11.9 Å². The first-order valence-electron chi connectivity index (χ1n) is 6.92. The van der Waals surface area contributed by atoms with Gasteiger partial charge in [-0.1, -0.05) is 6.07 Å². The third-order valence-corrected chi connectivity index (χ3v) is 4.82. The molecule has 1 aliphatic heterocycles. The SMILES string of the molecule is Cc1ccc(S(N)(=O)=O)cc1NC(=O)C1(C)CCCCN1. The Labute approximate surface area is 125 Å². The van der Waals surface area contributed by atoms with Gasteiger partial charge in [-0.15, -0.1) is 0 Å². The van der Waals surface area contributed by atoms with Crippen molar-refractivity contribution in [1.29, 1.82) is 0 Å². The third kappa shape index (κ3) is 3.61. The summed E-state index contributed by atoms with van der Waals surface area (Å²) >= 11 is 0. The van der Waals surface area contributed by atoms with Crippen LogP contribution < -0.4 is 15.8 Å². The number of aryl methyl sites for hydroxylation is 1. The Kier molecular flexibility index (Phi) is 4.36. The maximum Gasteiger partial charge on any atom is 0.244 e. The minimum absolute atomic E-state index is 0.00911. The lowest BCUT2D eigenvalue weighted by Crippen LogP contribution is -2.54. The quantitative estimate of drug-likeness (QED) is 0.778. The van der Waals surface area contributed by atoms with Crippen LogP contribution in [0.3, 0.4) is 0 Å². The van der Waals surface area contributed by atoms with Gasteiger partial charge in [0.1, 0.15) is 0 Å². The van der Waals surface area contributed by atoms with Crippen LogP contribution >= 0.6 is 0 Å². The Balaban J connectivity index is 2.24. The second-order valence-electron chi connectivity index (χ2n) is 5.69.